The Morgan fingerprint density at radius 3 is 2.78 bits per heavy atom. The molecule has 23 heavy (non-hydrogen) atoms. The largest absolute Gasteiger partial charge is 0.495 e. The lowest BCUT2D eigenvalue weighted by Gasteiger charge is -2.06. The minimum Gasteiger partial charge on any atom is -0.495 e. The van der Waals surface area contributed by atoms with Crippen molar-refractivity contribution in [3.8, 4) is 11.6 Å². The molecule has 0 spiro atoms. The summed E-state index contributed by atoms with van der Waals surface area (Å²) in [5, 5.41) is 26.2. The van der Waals surface area contributed by atoms with Gasteiger partial charge >= 0.3 is 5.97 Å². The number of benzene rings is 1. The van der Waals surface area contributed by atoms with Gasteiger partial charge in [-0.05, 0) is 30.4 Å². The van der Waals surface area contributed by atoms with Gasteiger partial charge in [-0.1, -0.05) is 6.07 Å². The molecule has 0 radical (unpaired) electrons. The fourth-order valence-corrected chi connectivity index (χ4v) is 2.30. The van der Waals surface area contributed by atoms with Crippen LogP contribution in [0.15, 0.2) is 30.3 Å². The quantitative estimate of drug-likeness (QED) is 0.683. The number of aromatic hydroxyl groups is 1. The first-order valence-electron chi connectivity index (χ1n) is 6.72. The fourth-order valence-electron chi connectivity index (χ4n) is 2.30. The molecule has 3 aromatic rings. The zero-order chi connectivity index (χ0) is 16.4. The predicted molar refractivity (Wildman–Crippen MR) is 84.4 cm³/mol. The summed E-state index contributed by atoms with van der Waals surface area (Å²) < 4.78 is 5.26. The van der Waals surface area contributed by atoms with Gasteiger partial charge in [0.2, 0.25) is 5.88 Å². The van der Waals surface area contributed by atoms with E-state index >= 15 is 0 Å². The first kappa shape index (κ1) is 14.6. The fraction of sp³-hybridized carbons (Fsp3) is 0.0625. The molecule has 116 valence electrons. The van der Waals surface area contributed by atoms with E-state index in [2.05, 4.69) is 15.2 Å². The van der Waals surface area contributed by atoms with E-state index < -0.39 is 5.97 Å². The van der Waals surface area contributed by atoms with Crippen LogP contribution in [-0.2, 0) is 0 Å². The third kappa shape index (κ3) is 2.71. The zero-order valence-corrected chi connectivity index (χ0v) is 12.1. The predicted octanol–water partition coefficient (Wildman–Crippen LogP) is 2.54. The molecule has 0 unspecified atom stereocenters. The highest BCUT2D eigenvalue weighted by Gasteiger charge is 2.17. The van der Waals surface area contributed by atoms with Crippen molar-refractivity contribution >= 4 is 29.0 Å². The van der Waals surface area contributed by atoms with Crippen molar-refractivity contribution in [2.75, 3.05) is 7.11 Å². The first-order valence-corrected chi connectivity index (χ1v) is 6.72. The molecule has 1 aromatic carbocycles. The second-order valence-electron chi connectivity index (χ2n) is 4.74. The number of aromatic nitrogens is 3. The SMILES string of the molecule is COc1c(C(=O)O)ccc2[nH]nc(/C=C/c3cccc(O)n3)c12. The summed E-state index contributed by atoms with van der Waals surface area (Å²) in [6.07, 6.45) is 3.34. The highest BCUT2D eigenvalue weighted by atomic mass is 16.5. The first-order chi connectivity index (χ1) is 11.1. The van der Waals surface area contributed by atoms with Crippen LogP contribution in [0, 0.1) is 0 Å². The third-order valence-corrected chi connectivity index (χ3v) is 3.31. The smallest absolute Gasteiger partial charge is 0.339 e. The molecule has 7 heteroatoms. The number of rotatable bonds is 4. The maximum Gasteiger partial charge on any atom is 0.339 e. The van der Waals surface area contributed by atoms with Gasteiger partial charge in [0.1, 0.15) is 11.3 Å². The Kier molecular flexibility index (Phi) is 3.68. The van der Waals surface area contributed by atoms with Crippen molar-refractivity contribution in [1.29, 1.82) is 0 Å². The summed E-state index contributed by atoms with van der Waals surface area (Å²) >= 11 is 0. The molecule has 3 N–H and O–H groups in total. The van der Waals surface area contributed by atoms with Crippen LogP contribution in [0.25, 0.3) is 23.1 Å². The summed E-state index contributed by atoms with van der Waals surface area (Å²) in [6.45, 7) is 0. The average Bonchev–Trinajstić information content (AvgIpc) is 2.95. The van der Waals surface area contributed by atoms with E-state index in [1.165, 1.54) is 19.2 Å². The van der Waals surface area contributed by atoms with E-state index in [9.17, 15) is 15.0 Å². The minimum atomic E-state index is -1.07. The van der Waals surface area contributed by atoms with Crippen molar-refractivity contribution in [2.45, 2.75) is 0 Å². The van der Waals surface area contributed by atoms with Crippen molar-refractivity contribution in [1.82, 2.24) is 15.2 Å². The number of carboxylic acids is 1. The summed E-state index contributed by atoms with van der Waals surface area (Å²) in [5.74, 6) is -0.911. The molecule has 0 aliphatic carbocycles. The van der Waals surface area contributed by atoms with Gasteiger partial charge in [-0.2, -0.15) is 5.10 Å². The van der Waals surface area contributed by atoms with Crippen LogP contribution in [0.1, 0.15) is 21.7 Å². The Labute approximate surface area is 130 Å². The third-order valence-electron chi connectivity index (χ3n) is 3.31. The molecular formula is C16H13N3O4. The van der Waals surface area contributed by atoms with E-state index in [0.717, 1.165) is 0 Å². The van der Waals surface area contributed by atoms with Gasteiger partial charge < -0.3 is 14.9 Å². The Balaban J connectivity index is 2.11. The molecule has 0 fully saturated rings. The number of hydrogen-bond donors (Lipinski definition) is 3. The lowest BCUT2D eigenvalue weighted by atomic mass is 10.1. The molecule has 7 nitrogen and oxygen atoms in total. The molecular weight excluding hydrogens is 298 g/mol. The molecule has 3 rings (SSSR count). The number of methoxy groups -OCH3 is 1. The van der Waals surface area contributed by atoms with Crippen molar-refractivity contribution in [3.05, 3.63) is 47.3 Å². The Morgan fingerprint density at radius 1 is 1.26 bits per heavy atom. The summed E-state index contributed by atoms with van der Waals surface area (Å²) in [4.78, 5) is 15.3. The second-order valence-corrected chi connectivity index (χ2v) is 4.74. The minimum absolute atomic E-state index is 0.0616. The summed E-state index contributed by atoms with van der Waals surface area (Å²) in [6, 6.07) is 7.98. The van der Waals surface area contributed by atoms with Crippen LogP contribution >= 0.6 is 0 Å². The summed E-state index contributed by atoms with van der Waals surface area (Å²) in [5.41, 5.74) is 1.79. The lowest BCUT2D eigenvalue weighted by molar-refractivity contribution is 0.0693. The molecule has 2 heterocycles. The maximum atomic E-state index is 11.3. The Morgan fingerprint density at radius 2 is 2.09 bits per heavy atom. The number of nitrogens with zero attached hydrogens (tertiary/aromatic N) is 2. The number of carboxylic acid groups (broad SMARTS) is 1. The average molecular weight is 311 g/mol. The van der Waals surface area contributed by atoms with E-state index in [4.69, 9.17) is 4.74 Å². The number of pyridine rings is 1. The van der Waals surface area contributed by atoms with Gasteiger partial charge in [-0.15, -0.1) is 0 Å². The number of H-pyrrole nitrogens is 1. The van der Waals surface area contributed by atoms with Crippen LogP contribution in [0.5, 0.6) is 11.6 Å². The maximum absolute atomic E-state index is 11.3. The molecule has 0 bridgehead atoms. The second kappa shape index (κ2) is 5.80. The number of fused-ring (bicyclic) bond motifs is 1. The summed E-state index contributed by atoms with van der Waals surface area (Å²) in [7, 11) is 1.42. The number of carbonyl (C=O) groups is 1. The molecule has 0 amide bonds. The topological polar surface area (TPSA) is 108 Å². The van der Waals surface area contributed by atoms with Crippen LogP contribution in [0.3, 0.4) is 0 Å². The van der Waals surface area contributed by atoms with Crippen molar-refractivity contribution in [3.63, 3.8) is 0 Å². The highest BCUT2D eigenvalue weighted by molar-refractivity contribution is 6.02. The molecule has 0 saturated carbocycles. The highest BCUT2D eigenvalue weighted by Crippen LogP contribution is 2.32. The van der Waals surface area contributed by atoms with Gasteiger partial charge in [-0.3, -0.25) is 5.10 Å². The van der Waals surface area contributed by atoms with Crippen molar-refractivity contribution in [2.24, 2.45) is 0 Å². The van der Waals surface area contributed by atoms with Gasteiger partial charge in [0, 0.05) is 6.07 Å². The number of aromatic amines is 1. The van der Waals surface area contributed by atoms with E-state index in [1.807, 2.05) is 0 Å². The van der Waals surface area contributed by atoms with Crippen molar-refractivity contribution < 1.29 is 19.7 Å². The van der Waals surface area contributed by atoms with Crippen LogP contribution in [0.4, 0.5) is 0 Å². The van der Waals surface area contributed by atoms with E-state index in [0.29, 0.717) is 22.3 Å². The van der Waals surface area contributed by atoms with Gasteiger partial charge in [0.05, 0.1) is 29.4 Å². The molecule has 0 atom stereocenters. The van der Waals surface area contributed by atoms with Gasteiger partial charge in [0.15, 0.2) is 0 Å². The number of ether oxygens (including phenoxy) is 1. The van der Waals surface area contributed by atoms with Gasteiger partial charge in [0.25, 0.3) is 0 Å². The van der Waals surface area contributed by atoms with Gasteiger partial charge in [-0.25, -0.2) is 9.78 Å². The number of aromatic carboxylic acids is 1. The molecule has 2 aromatic heterocycles. The molecule has 0 aliphatic heterocycles. The normalized spacial score (nSPS) is 11.2. The lowest BCUT2D eigenvalue weighted by Crippen LogP contribution is -2.00. The Hall–Kier alpha value is -3.35. The van der Waals surface area contributed by atoms with E-state index in [1.54, 1.807) is 30.4 Å². The van der Waals surface area contributed by atoms with Crippen LogP contribution in [0.2, 0.25) is 0 Å². The van der Waals surface area contributed by atoms with Crippen LogP contribution in [-0.4, -0.2) is 38.5 Å². The van der Waals surface area contributed by atoms with Crippen LogP contribution < -0.4 is 4.74 Å². The molecule has 0 aliphatic rings. The zero-order valence-electron chi connectivity index (χ0n) is 12.1. The number of nitrogens with one attached hydrogen (secondary N) is 1. The number of hydrogen-bond acceptors (Lipinski definition) is 5. The Bertz CT molecular complexity index is 915. The monoisotopic (exact) mass is 311 g/mol. The molecule has 0 saturated heterocycles. The van der Waals surface area contributed by atoms with E-state index in [-0.39, 0.29) is 17.2 Å². The standard InChI is InChI=1S/C16H13N3O4/c1-23-15-10(16(21)22)6-8-12-14(15)11(18-19-12)7-5-9-3-2-4-13(20)17-9/h2-8H,1H3,(H,17,20)(H,18,19)(H,21,22)/b7-5+.